The van der Waals surface area contributed by atoms with Crippen LogP contribution in [0.5, 0.6) is 5.75 Å². The van der Waals surface area contributed by atoms with Gasteiger partial charge in [-0.1, -0.05) is 54.1 Å². The van der Waals surface area contributed by atoms with E-state index in [2.05, 4.69) is 17.4 Å². The summed E-state index contributed by atoms with van der Waals surface area (Å²) in [6.07, 6.45) is -0.0704. The summed E-state index contributed by atoms with van der Waals surface area (Å²) in [5.74, 6) is 0.393. The summed E-state index contributed by atoms with van der Waals surface area (Å²) in [4.78, 5) is 26.1. The Balaban J connectivity index is 1.44. The zero-order valence-electron chi connectivity index (χ0n) is 15.5. The second kappa shape index (κ2) is 7.56. The molecule has 2 bridgehead atoms. The second-order valence-electron chi connectivity index (χ2n) is 6.74. The third-order valence-electron chi connectivity index (χ3n) is 4.78. The number of carbonyl (C=O) groups excluding carboxylic acids is 2. The molecule has 1 aliphatic rings. The smallest absolute Gasteiger partial charge is 0.410 e. The third kappa shape index (κ3) is 3.74. The molecule has 0 spiro atoms. The van der Waals surface area contributed by atoms with Crippen LogP contribution < -0.4 is 15.0 Å². The summed E-state index contributed by atoms with van der Waals surface area (Å²) < 4.78 is 5.17. The minimum atomic E-state index is -0.791. The molecule has 5 nitrogen and oxygen atoms in total. The van der Waals surface area contributed by atoms with Crippen LogP contribution in [0.15, 0.2) is 72.8 Å². The number of rotatable bonds is 2. The molecule has 0 aromatic heterocycles. The number of hydrogen-bond donors (Lipinski definition) is 1. The maximum Gasteiger partial charge on any atom is 0.420 e. The predicted octanol–water partition coefficient (Wildman–Crippen LogP) is 4.93. The molecule has 3 aromatic carbocycles. The van der Waals surface area contributed by atoms with Crippen LogP contribution in [0.4, 0.5) is 15.3 Å². The van der Waals surface area contributed by atoms with E-state index in [0.717, 1.165) is 23.2 Å². The Labute approximate surface area is 163 Å². The fourth-order valence-electron chi connectivity index (χ4n) is 3.33. The number of anilines is 1. The van der Waals surface area contributed by atoms with Gasteiger partial charge in [-0.05, 0) is 54.3 Å². The molecule has 3 amide bonds. The minimum absolute atomic E-state index is 0.393. The topological polar surface area (TPSA) is 58.6 Å². The SMILES string of the molecule is Cc1ccc(OC(=O)NC(=O)N2CCc3cc2ccc3-c2ccccc2)cc1. The molecular formula is C23H20N2O3. The highest BCUT2D eigenvalue weighted by molar-refractivity contribution is 6.01. The Morgan fingerprint density at radius 2 is 1.71 bits per heavy atom. The molecule has 0 unspecified atom stereocenters. The summed E-state index contributed by atoms with van der Waals surface area (Å²) in [7, 11) is 0. The van der Waals surface area contributed by atoms with E-state index >= 15 is 0 Å². The number of urea groups is 1. The molecular weight excluding hydrogens is 352 g/mol. The van der Waals surface area contributed by atoms with Gasteiger partial charge in [-0.3, -0.25) is 4.90 Å². The maximum absolute atomic E-state index is 12.5. The van der Waals surface area contributed by atoms with Crippen molar-refractivity contribution in [2.75, 3.05) is 11.4 Å². The lowest BCUT2D eigenvalue weighted by Gasteiger charge is -2.28. The highest BCUT2D eigenvalue weighted by atomic mass is 16.6. The van der Waals surface area contributed by atoms with E-state index in [1.165, 1.54) is 11.1 Å². The van der Waals surface area contributed by atoms with Gasteiger partial charge in [-0.25, -0.2) is 14.9 Å². The largest absolute Gasteiger partial charge is 0.420 e. The van der Waals surface area contributed by atoms with Gasteiger partial charge in [0.2, 0.25) is 0 Å². The van der Waals surface area contributed by atoms with Crippen molar-refractivity contribution >= 4 is 17.8 Å². The number of amides is 3. The van der Waals surface area contributed by atoms with Gasteiger partial charge in [0.1, 0.15) is 5.75 Å². The van der Waals surface area contributed by atoms with Gasteiger partial charge >= 0.3 is 12.1 Å². The molecule has 4 rings (SSSR count). The van der Waals surface area contributed by atoms with Gasteiger partial charge in [0, 0.05) is 12.2 Å². The predicted molar refractivity (Wildman–Crippen MR) is 109 cm³/mol. The van der Waals surface area contributed by atoms with Crippen molar-refractivity contribution in [1.82, 2.24) is 5.32 Å². The quantitative estimate of drug-likeness (QED) is 0.694. The van der Waals surface area contributed by atoms with Crippen molar-refractivity contribution in [2.24, 2.45) is 0 Å². The van der Waals surface area contributed by atoms with Crippen molar-refractivity contribution in [3.8, 4) is 16.9 Å². The molecule has 3 aromatic rings. The number of imide groups is 1. The highest BCUT2D eigenvalue weighted by Crippen LogP contribution is 2.31. The number of benzene rings is 3. The summed E-state index contributed by atoms with van der Waals surface area (Å²) in [6.45, 7) is 2.45. The molecule has 0 aliphatic carbocycles. The van der Waals surface area contributed by atoms with E-state index in [-0.39, 0.29) is 0 Å². The molecule has 1 N–H and O–H groups in total. The standard InChI is InChI=1S/C23H20N2O3/c1-16-7-10-20(11-8-16)28-23(27)24-22(26)25-14-13-18-15-19(25)9-12-21(18)17-5-3-2-4-6-17/h2-12,15H,13-14H2,1H3,(H,24,26,27). The van der Waals surface area contributed by atoms with Gasteiger partial charge in [0.15, 0.2) is 0 Å². The number of ether oxygens (including phenoxy) is 1. The Morgan fingerprint density at radius 3 is 2.46 bits per heavy atom. The first kappa shape index (κ1) is 17.8. The van der Waals surface area contributed by atoms with Gasteiger partial charge in [-0.15, -0.1) is 0 Å². The van der Waals surface area contributed by atoms with E-state index in [0.29, 0.717) is 12.3 Å². The molecule has 1 aliphatic heterocycles. The number of nitrogens with zero attached hydrogens (tertiary/aromatic N) is 1. The Hall–Kier alpha value is -3.60. The number of aryl methyl sites for hydroxylation is 1. The molecule has 0 fully saturated rings. The van der Waals surface area contributed by atoms with Crippen LogP contribution in [0.2, 0.25) is 0 Å². The van der Waals surface area contributed by atoms with E-state index in [4.69, 9.17) is 4.74 Å². The van der Waals surface area contributed by atoms with E-state index < -0.39 is 12.1 Å². The lowest BCUT2D eigenvalue weighted by atomic mass is 9.94. The van der Waals surface area contributed by atoms with E-state index in [1.54, 1.807) is 17.0 Å². The van der Waals surface area contributed by atoms with Crippen LogP contribution in [0, 0.1) is 6.92 Å². The molecule has 0 radical (unpaired) electrons. The van der Waals surface area contributed by atoms with Crippen LogP contribution in [0.1, 0.15) is 11.1 Å². The number of hydrogen-bond acceptors (Lipinski definition) is 3. The monoisotopic (exact) mass is 372 g/mol. The average Bonchev–Trinajstić information content (AvgIpc) is 2.70. The molecule has 0 saturated carbocycles. The number of nitrogens with one attached hydrogen (secondary N) is 1. The fraction of sp³-hybridized carbons (Fsp3) is 0.130. The molecule has 0 atom stereocenters. The van der Waals surface area contributed by atoms with Crippen LogP contribution in [0.3, 0.4) is 0 Å². The molecule has 5 heteroatoms. The van der Waals surface area contributed by atoms with Crippen molar-refractivity contribution in [3.05, 3.63) is 83.9 Å². The van der Waals surface area contributed by atoms with Crippen LogP contribution in [-0.4, -0.2) is 18.7 Å². The summed E-state index contributed by atoms with van der Waals surface area (Å²) >= 11 is 0. The van der Waals surface area contributed by atoms with Crippen molar-refractivity contribution in [1.29, 1.82) is 0 Å². The van der Waals surface area contributed by atoms with Gasteiger partial charge in [-0.2, -0.15) is 0 Å². The maximum atomic E-state index is 12.5. The molecule has 140 valence electrons. The van der Waals surface area contributed by atoms with E-state index in [1.807, 2.05) is 55.5 Å². The van der Waals surface area contributed by atoms with Crippen molar-refractivity contribution in [2.45, 2.75) is 13.3 Å². The highest BCUT2D eigenvalue weighted by Gasteiger charge is 2.24. The number of fused-ring (bicyclic) bond motifs is 2. The minimum Gasteiger partial charge on any atom is -0.410 e. The van der Waals surface area contributed by atoms with Crippen LogP contribution >= 0.6 is 0 Å². The zero-order chi connectivity index (χ0) is 19.5. The number of carbonyl (C=O) groups is 2. The summed E-state index contributed by atoms with van der Waals surface area (Å²) in [6, 6.07) is 22.6. The van der Waals surface area contributed by atoms with Gasteiger partial charge < -0.3 is 4.74 Å². The fourth-order valence-corrected chi connectivity index (χ4v) is 3.33. The zero-order valence-corrected chi connectivity index (χ0v) is 15.5. The molecule has 0 saturated heterocycles. The van der Waals surface area contributed by atoms with Crippen LogP contribution in [0.25, 0.3) is 11.1 Å². The Kier molecular flexibility index (Phi) is 4.81. The first-order valence-corrected chi connectivity index (χ1v) is 9.15. The summed E-state index contributed by atoms with van der Waals surface area (Å²) in [5, 5.41) is 2.29. The van der Waals surface area contributed by atoms with Crippen molar-refractivity contribution in [3.63, 3.8) is 0 Å². The summed E-state index contributed by atoms with van der Waals surface area (Å²) in [5.41, 5.74) is 5.34. The Bertz CT molecular complexity index is 1010. The lowest BCUT2D eigenvalue weighted by Crippen LogP contribution is -2.46. The van der Waals surface area contributed by atoms with E-state index in [9.17, 15) is 9.59 Å². The average molecular weight is 372 g/mol. The van der Waals surface area contributed by atoms with Crippen molar-refractivity contribution < 1.29 is 14.3 Å². The Morgan fingerprint density at radius 1 is 0.964 bits per heavy atom. The third-order valence-corrected chi connectivity index (χ3v) is 4.78. The first-order valence-electron chi connectivity index (χ1n) is 9.15. The second-order valence-corrected chi connectivity index (χ2v) is 6.74. The van der Waals surface area contributed by atoms with Gasteiger partial charge in [0.25, 0.3) is 0 Å². The van der Waals surface area contributed by atoms with Gasteiger partial charge in [0.05, 0.1) is 0 Å². The first-order chi connectivity index (χ1) is 13.6. The molecule has 28 heavy (non-hydrogen) atoms. The molecule has 1 heterocycles. The van der Waals surface area contributed by atoms with Crippen LogP contribution in [-0.2, 0) is 6.42 Å². The normalized spacial score (nSPS) is 12.4. The lowest BCUT2D eigenvalue weighted by molar-refractivity contribution is 0.198.